The molecule has 0 N–H and O–H groups in total. The maximum absolute atomic E-state index is 3.92. The summed E-state index contributed by atoms with van der Waals surface area (Å²) in [5.41, 5.74) is 3.48. The molecule has 14 heavy (non-hydrogen) atoms. The van der Waals surface area contributed by atoms with Crippen molar-refractivity contribution in [2.45, 2.75) is 0 Å². The van der Waals surface area contributed by atoms with Gasteiger partial charge in [0, 0.05) is 4.47 Å². The van der Waals surface area contributed by atoms with Crippen LogP contribution in [0, 0.1) is 6.92 Å². The van der Waals surface area contributed by atoms with E-state index in [9.17, 15) is 0 Å². The average Bonchev–Trinajstić information content (AvgIpc) is 2.19. The van der Waals surface area contributed by atoms with E-state index in [1.165, 1.54) is 11.1 Å². The third-order valence-electron chi connectivity index (χ3n) is 2.10. The molecule has 0 fully saturated rings. The van der Waals surface area contributed by atoms with Crippen LogP contribution in [-0.2, 0) is 0 Å². The second kappa shape index (κ2) is 3.97. The molecule has 0 aromatic heterocycles. The van der Waals surface area contributed by atoms with Gasteiger partial charge in [-0.1, -0.05) is 52.3 Å². The van der Waals surface area contributed by atoms with Crippen molar-refractivity contribution < 1.29 is 0 Å². The SMILES string of the molecule is [CH2]c1cccc(-c2ccc(Br)cc2)c1. The monoisotopic (exact) mass is 245 g/mol. The molecule has 0 aliphatic rings. The highest BCUT2D eigenvalue weighted by atomic mass is 79.9. The largest absolute Gasteiger partial charge is 0.0614 e. The first kappa shape index (κ1) is 9.47. The molecular formula is C13H10Br. The van der Waals surface area contributed by atoms with E-state index in [4.69, 9.17) is 0 Å². The molecule has 0 atom stereocenters. The van der Waals surface area contributed by atoms with E-state index in [1.807, 2.05) is 24.3 Å². The highest BCUT2D eigenvalue weighted by molar-refractivity contribution is 9.10. The van der Waals surface area contributed by atoms with E-state index in [2.05, 4.69) is 47.1 Å². The molecule has 0 aliphatic heterocycles. The molecule has 0 saturated heterocycles. The zero-order chi connectivity index (χ0) is 9.97. The Morgan fingerprint density at radius 1 is 0.857 bits per heavy atom. The minimum atomic E-state index is 1.05. The Balaban J connectivity index is 2.44. The molecule has 0 bridgehead atoms. The molecule has 2 aromatic rings. The third kappa shape index (κ3) is 2.05. The standard InChI is InChI=1S/C13H10Br/c1-10-3-2-4-12(9-10)11-5-7-13(14)8-6-11/h2-9H,1H2. The minimum absolute atomic E-state index is 1.05. The number of hydrogen-bond donors (Lipinski definition) is 0. The molecule has 2 rings (SSSR count). The van der Waals surface area contributed by atoms with Crippen LogP contribution < -0.4 is 0 Å². The van der Waals surface area contributed by atoms with Gasteiger partial charge >= 0.3 is 0 Å². The van der Waals surface area contributed by atoms with Gasteiger partial charge in [0.1, 0.15) is 0 Å². The molecule has 0 unspecified atom stereocenters. The Morgan fingerprint density at radius 3 is 2.21 bits per heavy atom. The van der Waals surface area contributed by atoms with Crippen molar-refractivity contribution in [1.29, 1.82) is 0 Å². The fourth-order valence-electron chi connectivity index (χ4n) is 1.39. The molecule has 2 aromatic carbocycles. The molecule has 0 aliphatic carbocycles. The summed E-state index contributed by atoms with van der Waals surface area (Å²) >= 11 is 3.42. The van der Waals surface area contributed by atoms with Gasteiger partial charge in [-0.2, -0.15) is 0 Å². The Hall–Kier alpha value is -1.08. The van der Waals surface area contributed by atoms with E-state index in [1.54, 1.807) is 0 Å². The van der Waals surface area contributed by atoms with Crippen molar-refractivity contribution in [3.05, 3.63) is 65.5 Å². The zero-order valence-corrected chi connectivity index (χ0v) is 9.29. The summed E-state index contributed by atoms with van der Waals surface area (Å²) in [5, 5.41) is 0. The Labute approximate surface area is 92.7 Å². The number of halogens is 1. The van der Waals surface area contributed by atoms with Gasteiger partial charge in [0.25, 0.3) is 0 Å². The lowest BCUT2D eigenvalue weighted by molar-refractivity contribution is 1.56. The maximum Gasteiger partial charge on any atom is 0.0175 e. The van der Waals surface area contributed by atoms with Gasteiger partial charge in [0.05, 0.1) is 0 Å². The number of benzene rings is 2. The number of hydrogen-bond acceptors (Lipinski definition) is 0. The second-order valence-electron chi connectivity index (χ2n) is 3.21. The van der Waals surface area contributed by atoms with Gasteiger partial charge in [-0.15, -0.1) is 0 Å². The van der Waals surface area contributed by atoms with E-state index in [0.29, 0.717) is 0 Å². The molecule has 69 valence electrons. The molecule has 0 saturated carbocycles. The fourth-order valence-corrected chi connectivity index (χ4v) is 1.66. The molecule has 0 heterocycles. The van der Waals surface area contributed by atoms with E-state index < -0.39 is 0 Å². The second-order valence-corrected chi connectivity index (χ2v) is 4.12. The van der Waals surface area contributed by atoms with Crippen molar-refractivity contribution in [3.8, 4) is 11.1 Å². The molecule has 0 spiro atoms. The third-order valence-corrected chi connectivity index (χ3v) is 2.63. The average molecular weight is 246 g/mol. The molecule has 0 nitrogen and oxygen atoms in total. The summed E-state index contributed by atoms with van der Waals surface area (Å²) < 4.78 is 1.10. The predicted octanol–water partition coefficient (Wildman–Crippen LogP) is 4.30. The fraction of sp³-hybridized carbons (Fsp3) is 0. The first-order chi connectivity index (χ1) is 6.75. The first-order valence-electron chi connectivity index (χ1n) is 4.44. The first-order valence-corrected chi connectivity index (χ1v) is 5.23. The van der Waals surface area contributed by atoms with Crippen molar-refractivity contribution in [2.75, 3.05) is 0 Å². The van der Waals surface area contributed by atoms with Crippen LogP contribution in [0.1, 0.15) is 5.56 Å². The summed E-state index contributed by atoms with van der Waals surface area (Å²) in [4.78, 5) is 0. The van der Waals surface area contributed by atoms with Crippen LogP contribution in [0.3, 0.4) is 0 Å². The van der Waals surface area contributed by atoms with Crippen molar-refractivity contribution in [2.24, 2.45) is 0 Å². The lowest BCUT2D eigenvalue weighted by Crippen LogP contribution is -1.78. The predicted molar refractivity (Wildman–Crippen MR) is 64.0 cm³/mol. The van der Waals surface area contributed by atoms with Crippen LogP contribution in [-0.4, -0.2) is 0 Å². The lowest BCUT2D eigenvalue weighted by Gasteiger charge is -2.02. The summed E-state index contributed by atoms with van der Waals surface area (Å²) in [7, 11) is 0. The summed E-state index contributed by atoms with van der Waals surface area (Å²) in [6, 6.07) is 16.5. The minimum Gasteiger partial charge on any atom is -0.0614 e. The summed E-state index contributed by atoms with van der Waals surface area (Å²) in [5.74, 6) is 0. The quantitative estimate of drug-likeness (QED) is 0.703. The Morgan fingerprint density at radius 2 is 1.57 bits per heavy atom. The lowest BCUT2D eigenvalue weighted by atomic mass is 10.0. The topological polar surface area (TPSA) is 0 Å². The molecule has 1 heteroatoms. The summed E-state index contributed by atoms with van der Waals surface area (Å²) in [6.45, 7) is 3.92. The van der Waals surface area contributed by atoms with Crippen LogP contribution in [0.25, 0.3) is 11.1 Å². The molecule has 0 amide bonds. The highest BCUT2D eigenvalue weighted by Crippen LogP contribution is 2.22. The van der Waals surface area contributed by atoms with E-state index >= 15 is 0 Å². The van der Waals surface area contributed by atoms with Crippen LogP contribution >= 0.6 is 15.9 Å². The van der Waals surface area contributed by atoms with Crippen LogP contribution in [0.4, 0.5) is 0 Å². The zero-order valence-electron chi connectivity index (χ0n) is 7.70. The van der Waals surface area contributed by atoms with Gasteiger partial charge in [-0.3, -0.25) is 0 Å². The van der Waals surface area contributed by atoms with Gasteiger partial charge in [-0.25, -0.2) is 0 Å². The van der Waals surface area contributed by atoms with Crippen molar-refractivity contribution in [3.63, 3.8) is 0 Å². The molecule has 1 radical (unpaired) electrons. The Kier molecular flexibility index (Phi) is 2.69. The van der Waals surface area contributed by atoms with E-state index in [0.717, 1.165) is 10.0 Å². The summed E-state index contributed by atoms with van der Waals surface area (Å²) in [6.07, 6.45) is 0. The highest BCUT2D eigenvalue weighted by Gasteiger charge is 1.96. The normalized spacial score (nSPS) is 10.1. The van der Waals surface area contributed by atoms with Gasteiger partial charge in [-0.05, 0) is 35.7 Å². The van der Waals surface area contributed by atoms with Crippen molar-refractivity contribution in [1.82, 2.24) is 0 Å². The Bertz CT molecular complexity index is 429. The van der Waals surface area contributed by atoms with Crippen LogP contribution in [0.5, 0.6) is 0 Å². The molecular weight excluding hydrogens is 236 g/mol. The van der Waals surface area contributed by atoms with E-state index in [-0.39, 0.29) is 0 Å². The van der Waals surface area contributed by atoms with Gasteiger partial charge in [0.15, 0.2) is 0 Å². The number of rotatable bonds is 1. The van der Waals surface area contributed by atoms with Crippen LogP contribution in [0.2, 0.25) is 0 Å². The van der Waals surface area contributed by atoms with Crippen LogP contribution in [0.15, 0.2) is 53.0 Å². The van der Waals surface area contributed by atoms with Gasteiger partial charge in [0.2, 0.25) is 0 Å². The van der Waals surface area contributed by atoms with Crippen molar-refractivity contribution >= 4 is 15.9 Å². The van der Waals surface area contributed by atoms with Gasteiger partial charge < -0.3 is 0 Å². The maximum atomic E-state index is 3.92. The smallest absolute Gasteiger partial charge is 0.0175 e.